The summed E-state index contributed by atoms with van der Waals surface area (Å²) < 4.78 is 9.80. The average molecular weight is 240 g/mol. The molecular weight excluding hydrogens is 224 g/mol. The lowest BCUT2D eigenvalue weighted by atomic mass is 10.3. The Labute approximate surface area is 99.3 Å². The van der Waals surface area contributed by atoms with Gasteiger partial charge in [0.05, 0.1) is 19.4 Å². The molecule has 0 fully saturated rings. The molecule has 0 spiro atoms. The van der Waals surface area contributed by atoms with Crippen molar-refractivity contribution in [1.29, 1.82) is 0 Å². The summed E-state index contributed by atoms with van der Waals surface area (Å²) in [7, 11) is 1.54. The van der Waals surface area contributed by atoms with Gasteiger partial charge in [-0.25, -0.2) is 0 Å². The first-order valence-corrected chi connectivity index (χ1v) is 5.27. The van der Waals surface area contributed by atoms with E-state index in [1.165, 1.54) is 6.26 Å². The number of carbonyl (C=O) groups is 2. The highest BCUT2D eigenvalue weighted by atomic mass is 16.5. The van der Waals surface area contributed by atoms with E-state index >= 15 is 0 Å². The summed E-state index contributed by atoms with van der Waals surface area (Å²) >= 11 is 0. The molecule has 0 bridgehead atoms. The van der Waals surface area contributed by atoms with Gasteiger partial charge in [-0.15, -0.1) is 0 Å². The van der Waals surface area contributed by atoms with Crippen LogP contribution in [0, 0.1) is 0 Å². The van der Waals surface area contributed by atoms with E-state index in [2.05, 4.69) is 10.6 Å². The van der Waals surface area contributed by atoms with Crippen LogP contribution in [0.25, 0.3) is 0 Å². The van der Waals surface area contributed by atoms with Gasteiger partial charge in [0, 0.05) is 13.7 Å². The summed E-state index contributed by atoms with van der Waals surface area (Å²) in [6.07, 6.45) is 1.34. The molecule has 1 heterocycles. The first-order valence-electron chi connectivity index (χ1n) is 5.27. The Morgan fingerprint density at radius 1 is 1.35 bits per heavy atom. The van der Waals surface area contributed by atoms with Gasteiger partial charge in [-0.2, -0.15) is 0 Å². The normalized spacial score (nSPS) is 9.94. The predicted molar refractivity (Wildman–Crippen MR) is 60.1 cm³/mol. The molecule has 1 aromatic rings. The summed E-state index contributed by atoms with van der Waals surface area (Å²) in [5, 5.41) is 5.14. The number of amides is 2. The van der Waals surface area contributed by atoms with Crippen molar-refractivity contribution in [1.82, 2.24) is 10.6 Å². The zero-order valence-electron chi connectivity index (χ0n) is 9.69. The number of carbonyl (C=O) groups excluding carboxylic acids is 2. The summed E-state index contributed by atoms with van der Waals surface area (Å²) in [5.41, 5.74) is 0. The molecule has 1 rings (SSSR count). The average Bonchev–Trinajstić information content (AvgIpc) is 2.79. The number of rotatable bonds is 7. The number of furan rings is 1. The van der Waals surface area contributed by atoms with Gasteiger partial charge < -0.3 is 19.8 Å². The zero-order chi connectivity index (χ0) is 12.5. The third kappa shape index (κ3) is 5.72. The fourth-order valence-electron chi connectivity index (χ4n) is 1.16. The Bertz CT molecular complexity index is 348. The Morgan fingerprint density at radius 2 is 2.12 bits per heavy atom. The molecule has 0 aliphatic rings. The second kappa shape index (κ2) is 7.45. The maximum absolute atomic E-state index is 11.3. The summed E-state index contributed by atoms with van der Waals surface area (Å²) in [5.74, 6) is -0.00606. The SMILES string of the molecule is COCCNC(=O)CC(=O)NCc1ccco1. The Kier molecular flexibility index (Phi) is 5.81. The second-order valence-corrected chi connectivity index (χ2v) is 3.38. The zero-order valence-corrected chi connectivity index (χ0v) is 9.69. The summed E-state index contributed by atoms with van der Waals surface area (Å²) in [6.45, 7) is 1.12. The van der Waals surface area contributed by atoms with Crippen molar-refractivity contribution >= 4 is 11.8 Å². The third-order valence-electron chi connectivity index (χ3n) is 1.99. The molecule has 2 N–H and O–H groups in total. The highest BCUT2D eigenvalue weighted by Gasteiger charge is 2.08. The van der Waals surface area contributed by atoms with Gasteiger partial charge in [0.1, 0.15) is 12.2 Å². The van der Waals surface area contributed by atoms with Gasteiger partial charge in [0.2, 0.25) is 11.8 Å². The maximum atomic E-state index is 11.3. The largest absolute Gasteiger partial charge is 0.467 e. The van der Waals surface area contributed by atoms with E-state index in [0.717, 1.165) is 0 Å². The molecule has 0 radical (unpaired) electrons. The van der Waals surface area contributed by atoms with Crippen LogP contribution in [0.2, 0.25) is 0 Å². The first-order chi connectivity index (χ1) is 8.22. The van der Waals surface area contributed by atoms with Gasteiger partial charge in [0.15, 0.2) is 0 Å². The minimum Gasteiger partial charge on any atom is -0.467 e. The molecule has 17 heavy (non-hydrogen) atoms. The fraction of sp³-hybridized carbons (Fsp3) is 0.455. The molecule has 94 valence electrons. The molecule has 0 atom stereocenters. The maximum Gasteiger partial charge on any atom is 0.229 e. The van der Waals surface area contributed by atoms with Crippen molar-refractivity contribution in [2.24, 2.45) is 0 Å². The van der Waals surface area contributed by atoms with Crippen LogP contribution in [0.4, 0.5) is 0 Å². The van der Waals surface area contributed by atoms with Gasteiger partial charge in [-0.1, -0.05) is 0 Å². The number of hydrogen-bond donors (Lipinski definition) is 2. The lowest BCUT2D eigenvalue weighted by molar-refractivity contribution is -0.129. The van der Waals surface area contributed by atoms with E-state index in [1.807, 2.05) is 0 Å². The van der Waals surface area contributed by atoms with Gasteiger partial charge in [-0.05, 0) is 12.1 Å². The van der Waals surface area contributed by atoms with Crippen molar-refractivity contribution in [2.45, 2.75) is 13.0 Å². The van der Waals surface area contributed by atoms with Crippen LogP contribution in [0.15, 0.2) is 22.8 Å². The molecule has 1 aromatic heterocycles. The standard InChI is InChI=1S/C11H16N2O4/c1-16-6-4-12-10(14)7-11(15)13-8-9-3-2-5-17-9/h2-3,5H,4,6-8H2,1H3,(H,12,14)(H,13,15). The van der Waals surface area contributed by atoms with E-state index < -0.39 is 0 Å². The molecule has 6 nitrogen and oxygen atoms in total. The Balaban J connectivity index is 2.14. The monoisotopic (exact) mass is 240 g/mol. The molecule has 0 aromatic carbocycles. The van der Waals surface area contributed by atoms with Gasteiger partial charge in [-0.3, -0.25) is 9.59 Å². The van der Waals surface area contributed by atoms with Crippen LogP contribution in [0.5, 0.6) is 0 Å². The molecule has 2 amide bonds. The van der Waals surface area contributed by atoms with Crippen LogP contribution in [0.3, 0.4) is 0 Å². The Morgan fingerprint density at radius 3 is 2.76 bits per heavy atom. The molecule has 0 saturated heterocycles. The quantitative estimate of drug-likeness (QED) is 0.521. The van der Waals surface area contributed by atoms with Crippen LogP contribution in [-0.2, 0) is 20.9 Å². The van der Waals surface area contributed by atoms with E-state index in [-0.39, 0.29) is 24.8 Å². The topological polar surface area (TPSA) is 80.6 Å². The number of hydrogen-bond acceptors (Lipinski definition) is 4. The first kappa shape index (κ1) is 13.2. The fourth-order valence-corrected chi connectivity index (χ4v) is 1.16. The lowest BCUT2D eigenvalue weighted by Gasteiger charge is -2.05. The van der Waals surface area contributed by atoms with E-state index in [4.69, 9.17) is 9.15 Å². The number of nitrogens with one attached hydrogen (secondary N) is 2. The van der Waals surface area contributed by atoms with E-state index in [1.54, 1.807) is 19.2 Å². The van der Waals surface area contributed by atoms with Crippen LogP contribution in [0.1, 0.15) is 12.2 Å². The highest BCUT2D eigenvalue weighted by molar-refractivity contribution is 5.96. The Hall–Kier alpha value is -1.82. The van der Waals surface area contributed by atoms with Crippen LogP contribution < -0.4 is 10.6 Å². The van der Waals surface area contributed by atoms with Crippen LogP contribution >= 0.6 is 0 Å². The third-order valence-corrected chi connectivity index (χ3v) is 1.99. The van der Waals surface area contributed by atoms with Crippen LogP contribution in [-0.4, -0.2) is 32.1 Å². The molecule has 0 saturated carbocycles. The van der Waals surface area contributed by atoms with E-state index in [9.17, 15) is 9.59 Å². The number of methoxy groups -OCH3 is 1. The van der Waals surface area contributed by atoms with Gasteiger partial charge >= 0.3 is 0 Å². The number of ether oxygens (including phenoxy) is 1. The van der Waals surface area contributed by atoms with Gasteiger partial charge in [0.25, 0.3) is 0 Å². The smallest absolute Gasteiger partial charge is 0.229 e. The summed E-state index contributed by atoms with van der Waals surface area (Å²) in [4.78, 5) is 22.6. The molecule has 6 heteroatoms. The second-order valence-electron chi connectivity index (χ2n) is 3.38. The minimum absolute atomic E-state index is 0.190. The predicted octanol–water partition coefficient (Wildman–Crippen LogP) is 0.0485. The lowest BCUT2D eigenvalue weighted by Crippen LogP contribution is -2.33. The molecule has 0 unspecified atom stereocenters. The molecule has 0 aliphatic carbocycles. The van der Waals surface area contributed by atoms with Crippen molar-refractivity contribution in [2.75, 3.05) is 20.3 Å². The summed E-state index contributed by atoms with van der Waals surface area (Å²) in [6, 6.07) is 3.48. The highest BCUT2D eigenvalue weighted by Crippen LogP contribution is 1.98. The van der Waals surface area contributed by atoms with Crippen molar-refractivity contribution < 1.29 is 18.7 Å². The molecular formula is C11H16N2O4. The van der Waals surface area contributed by atoms with Crippen molar-refractivity contribution in [3.8, 4) is 0 Å². The van der Waals surface area contributed by atoms with Crippen molar-refractivity contribution in [3.63, 3.8) is 0 Å². The molecule has 0 aliphatic heterocycles. The van der Waals surface area contributed by atoms with E-state index in [0.29, 0.717) is 18.9 Å². The minimum atomic E-state index is -0.337. The van der Waals surface area contributed by atoms with Crippen molar-refractivity contribution in [3.05, 3.63) is 24.2 Å².